The van der Waals surface area contributed by atoms with Crippen molar-refractivity contribution in [1.82, 2.24) is 0 Å². The fraction of sp³-hybridized carbons (Fsp3) is 0.483. The molecular formula is C29H34N2O9. The minimum absolute atomic E-state index is 0.000943. The Morgan fingerprint density at radius 2 is 1.85 bits per heavy atom. The maximum atomic E-state index is 13.8. The molecule has 11 nitrogen and oxygen atoms in total. The molecule has 2 aliphatic carbocycles. The molecule has 6 atom stereocenters. The van der Waals surface area contributed by atoms with E-state index in [9.17, 15) is 34.8 Å². The van der Waals surface area contributed by atoms with Crippen LogP contribution in [0.5, 0.6) is 11.5 Å². The third kappa shape index (κ3) is 4.38. The van der Waals surface area contributed by atoms with Gasteiger partial charge in [0.05, 0.1) is 35.5 Å². The van der Waals surface area contributed by atoms with E-state index in [0.717, 1.165) is 0 Å². The Labute approximate surface area is 230 Å². The maximum Gasteiger partial charge on any atom is 0.200 e. The number of aliphatic hydroxyl groups is 2. The number of ether oxygens (including phenoxy) is 2. The van der Waals surface area contributed by atoms with Crippen molar-refractivity contribution in [3.8, 4) is 11.5 Å². The predicted molar refractivity (Wildman–Crippen MR) is 143 cm³/mol. The topological polar surface area (TPSA) is 189 Å². The number of hydrogen-bond acceptors (Lipinski definition) is 11. The number of rotatable bonds is 6. The normalized spacial score (nSPS) is 29.4. The van der Waals surface area contributed by atoms with Crippen LogP contribution < -0.4 is 11.1 Å². The molecule has 7 N–H and O–H groups in total. The van der Waals surface area contributed by atoms with Crippen LogP contribution in [-0.4, -0.2) is 75.0 Å². The van der Waals surface area contributed by atoms with Crippen LogP contribution in [0.1, 0.15) is 82.7 Å². The number of nitrogens with two attached hydrogens (primary N) is 1. The number of hydrogen-bond donors (Lipinski definition) is 6. The lowest BCUT2D eigenvalue weighted by molar-refractivity contribution is -0.236. The molecule has 0 aromatic heterocycles. The zero-order chi connectivity index (χ0) is 29.1. The predicted octanol–water partition coefficient (Wildman–Crippen LogP) is 1.70. The highest BCUT2D eigenvalue weighted by molar-refractivity contribution is 6.32. The summed E-state index contributed by atoms with van der Waals surface area (Å²) >= 11 is 0. The van der Waals surface area contributed by atoms with Gasteiger partial charge in [0.1, 0.15) is 17.1 Å². The van der Waals surface area contributed by atoms with Gasteiger partial charge in [-0.25, -0.2) is 0 Å². The second kappa shape index (κ2) is 10.2. The largest absolute Gasteiger partial charge is 0.507 e. The first-order valence-electron chi connectivity index (χ1n) is 13.4. The van der Waals surface area contributed by atoms with E-state index in [1.54, 1.807) is 12.1 Å². The van der Waals surface area contributed by atoms with Crippen LogP contribution in [0.25, 0.3) is 0 Å². The van der Waals surface area contributed by atoms with E-state index in [1.807, 2.05) is 13.8 Å². The number of aromatic hydroxyl groups is 2. The molecule has 214 valence electrons. The molecule has 0 radical (unpaired) electrons. The van der Waals surface area contributed by atoms with E-state index in [4.69, 9.17) is 15.2 Å². The van der Waals surface area contributed by atoms with Gasteiger partial charge in [-0.1, -0.05) is 19.1 Å². The standard InChI is InChI=1S/C29H34N2O9/c1-12-13(2)39-20(9-17(12)30)40-19-11-29(38,14(3)33)10-16-22(19)28(37)24-23(26(16)35)25(34)15-5-4-6-18(31-7-8-32)21(15)27(24)36/h4-6,12-13,17,19-20,31-32,35,37-38H,7-11,30H2,1-3H3/t12-,13+,17+,19+,20?,29+/m1/s1. The Bertz CT molecular complexity index is 1390. The second-order valence-corrected chi connectivity index (χ2v) is 11.0. The van der Waals surface area contributed by atoms with Gasteiger partial charge >= 0.3 is 0 Å². The van der Waals surface area contributed by atoms with Crippen molar-refractivity contribution < 1.29 is 44.3 Å². The number of Topliss-reactive ketones (excluding diaryl/α,β-unsaturated/α-hetero) is 1. The number of anilines is 1. The average Bonchev–Trinajstić information content (AvgIpc) is 2.90. The summed E-state index contributed by atoms with van der Waals surface area (Å²) in [6, 6.07) is 4.31. The average molecular weight is 555 g/mol. The monoisotopic (exact) mass is 554 g/mol. The van der Waals surface area contributed by atoms with E-state index in [0.29, 0.717) is 12.1 Å². The Balaban J connectivity index is 1.66. The van der Waals surface area contributed by atoms with Crippen molar-refractivity contribution in [2.45, 2.75) is 70.2 Å². The fourth-order valence-corrected chi connectivity index (χ4v) is 5.98. The number of nitrogens with one attached hydrogen (secondary N) is 1. The van der Waals surface area contributed by atoms with E-state index in [2.05, 4.69) is 5.32 Å². The number of phenols is 2. The third-order valence-corrected chi connectivity index (χ3v) is 8.54. The molecule has 2 aromatic rings. The quantitative estimate of drug-likeness (QED) is 0.243. The number of benzene rings is 2. The number of phenolic OH excluding ortho intramolecular Hbond substituents is 2. The van der Waals surface area contributed by atoms with Crippen molar-refractivity contribution in [3.05, 3.63) is 51.6 Å². The van der Waals surface area contributed by atoms with Gasteiger partial charge in [-0.05, 0) is 25.8 Å². The summed E-state index contributed by atoms with van der Waals surface area (Å²) in [5, 5.41) is 46.5. The zero-order valence-electron chi connectivity index (χ0n) is 22.6. The minimum Gasteiger partial charge on any atom is -0.507 e. The molecule has 0 spiro atoms. The van der Waals surface area contributed by atoms with Gasteiger partial charge in [-0.3, -0.25) is 14.4 Å². The van der Waals surface area contributed by atoms with Crippen molar-refractivity contribution in [1.29, 1.82) is 0 Å². The third-order valence-electron chi connectivity index (χ3n) is 8.54. The number of ketones is 3. The van der Waals surface area contributed by atoms with E-state index >= 15 is 0 Å². The molecule has 2 aromatic carbocycles. The summed E-state index contributed by atoms with van der Waals surface area (Å²) in [4.78, 5) is 40.0. The lowest BCUT2D eigenvalue weighted by Gasteiger charge is -2.42. The van der Waals surface area contributed by atoms with Crippen molar-refractivity contribution in [3.63, 3.8) is 0 Å². The summed E-state index contributed by atoms with van der Waals surface area (Å²) in [5.74, 6) is -3.11. The molecule has 0 bridgehead atoms. The molecule has 1 saturated heterocycles. The van der Waals surface area contributed by atoms with Gasteiger partial charge in [-0.15, -0.1) is 0 Å². The van der Waals surface area contributed by atoms with Gasteiger partial charge in [0.15, 0.2) is 23.6 Å². The first kappa shape index (κ1) is 28.2. The summed E-state index contributed by atoms with van der Waals surface area (Å²) in [7, 11) is 0. The van der Waals surface area contributed by atoms with Crippen molar-refractivity contribution >= 4 is 23.0 Å². The van der Waals surface area contributed by atoms with E-state index in [1.165, 1.54) is 13.0 Å². The summed E-state index contributed by atoms with van der Waals surface area (Å²) in [6.45, 7) is 4.91. The zero-order valence-corrected chi connectivity index (χ0v) is 22.6. The number of fused-ring (bicyclic) bond motifs is 3. The molecule has 1 heterocycles. The van der Waals surface area contributed by atoms with Crippen LogP contribution in [0.2, 0.25) is 0 Å². The molecule has 11 heteroatoms. The van der Waals surface area contributed by atoms with Crippen LogP contribution in [0.4, 0.5) is 5.69 Å². The molecular weight excluding hydrogens is 520 g/mol. The fourth-order valence-electron chi connectivity index (χ4n) is 5.98. The number of aliphatic hydroxyl groups excluding tert-OH is 1. The van der Waals surface area contributed by atoms with Crippen molar-refractivity contribution in [2.24, 2.45) is 11.7 Å². The highest BCUT2D eigenvalue weighted by Gasteiger charge is 2.49. The molecule has 3 aliphatic rings. The molecule has 40 heavy (non-hydrogen) atoms. The molecule has 1 unspecified atom stereocenters. The van der Waals surface area contributed by atoms with Crippen LogP contribution in [-0.2, 0) is 20.7 Å². The Hall–Kier alpha value is -3.35. The lowest BCUT2D eigenvalue weighted by atomic mass is 9.72. The highest BCUT2D eigenvalue weighted by atomic mass is 16.7. The van der Waals surface area contributed by atoms with E-state index < -0.39 is 64.4 Å². The molecule has 1 fully saturated rings. The number of carbonyl (C=O) groups excluding carboxylic acids is 3. The summed E-state index contributed by atoms with van der Waals surface area (Å²) in [6.07, 6.45) is -2.64. The van der Waals surface area contributed by atoms with E-state index in [-0.39, 0.29) is 59.9 Å². The Morgan fingerprint density at radius 3 is 2.50 bits per heavy atom. The van der Waals surface area contributed by atoms with Crippen LogP contribution in [0.3, 0.4) is 0 Å². The Morgan fingerprint density at radius 1 is 1.15 bits per heavy atom. The first-order valence-corrected chi connectivity index (χ1v) is 13.4. The second-order valence-electron chi connectivity index (χ2n) is 11.0. The SMILES string of the molecule is CC(=O)[C@]1(O)Cc2c(O)c3c(c(O)c2[C@@H](OC2C[C@H](N)[C@H](C)[C@H](C)O2)C1)C(=O)c1c(NCCO)cccc1C3=O. The van der Waals surface area contributed by atoms with Crippen LogP contribution >= 0.6 is 0 Å². The van der Waals surface area contributed by atoms with Gasteiger partial charge < -0.3 is 41.0 Å². The lowest BCUT2D eigenvalue weighted by Crippen LogP contribution is -2.49. The van der Waals surface area contributed by atoms with Gasteiger partial charge in [0.2, 0.25) is 0 Å². The molecule has 1 aliphatic heterocycles. The van der Waals surface area contributed by atoms with Crippen molar-refractivity contribution in [2.75, 3.05) is 18.5 Å². The number of carbonyl (C=O) groups is 3. The summed E-state index contributed by atoms with van der Waals surface area (Å²) in [5.41, 5.74) is 3.77. The maximum absolute atomic E-state index is 13.8. The molecule has 0 amide bonds. The van der Waals surface area contributed by atoms with Gasteiger partial charge in [0.25, 0.3) is 0 Å². The van der Waals surface area contributed by atoms with Gasteiger partial charge in [0, 0.05) is 54.2 Å². The minimum atomic E-state index is -1.97. The van der Waals surface area contributed by atoms with Crippen LogP contribution in [0.15, 0.2) is 18.2 Å². The first-order chi connectivity index (χ1) is 18.9. The molecule has 5 rings (SSSR count). The Kier molecular flexibility index (Phi) is 7.22. The highest BCUT2D eigenvalue weighted by Crippen LogP contribution is 2.52. The molecule has 0 saturated carbocycles. The van der Waals surface area contributed by atoms with Crippen LogP contribution in [0, 0.1) is 5.92 Å². The summed E-state index contributed by atoms with van der Waals surface area (Å²) < 4.78 is 12.2. The smallest absolute Gasteiger partial charge is 0.200 e. The van der Waals surface area contributed by atoms with Gasteiger partial charge in [-0.2, -0.15) is 0 Å².